The number of amides is 3. The molecule has 6 nitrogen and oxygen atoms in total. The van der Waals surface area contributed by atoms with E-state index in [1.165, 1.54) is 4.90 Å². The average Bonchev–Trinajstić information content (AvgIpc) is 2.43. The van der Waals surface area contributed by atoms with Gasteiger partial charge in [0.2, 0.25) is 5.91 Å². The van der Waals surface area contributed by atoms with Gasteiger partial charge in [-0.05, 0) is 13.3 Å². The predicted molar refractivity (Wildman–Crippen MR) is 77.9 cm³/mol. The third-order valence-corrected chi connectivity index (χ3v) is 4.39. The molecule has 0 aliphatic carbocycles. The number of carbonyl (C=O) groups excluding carboxylic acids is 2. The number of rotatable bonds is 2. The lowest BCUT2D eigenvalue weighted by molar-refractivity contribution is -0.153. The maximum atomic E-state index is 12.5. The van der Waals surface area contributed by atoms with Crippen molar-refractivity contribution in [2.75, 3.05) is 39.8 Å². The Balaban J connectivity index is 1.82. The molecule has 132 valence electrons. The van der Waals surface area contributed by atoms with Gasteiger partial charge >= 0.3 is 12.2 Å². The Morgan fingerprint density at radius 1 is 1.30 bits per heavy atom. The van der Waals surface area contributed by atoms with Crippen LogP contribution in [-0.2, 0) is 4.79 Å². The van der Waals surface area contributed by atoms with Crippen LogP contribution in [0.1, 0.15) is 19.8 Å². The third-order valence-electron chi connectivity index (χ3n) is 4.39. The molecular weight excluding hydrogens is 313 g/mol. The predicted octanol–water partition coefficient (Wildman–Crippen LogP) is 0.885. The zero-order valence-corrected chi connectivity index (χ0v) is 13.4. The first-order chi connectivity index (χ1) is 10.7. The zero-order chi connectivity index (χ0) is 17.2. The molecule has 9 heteroatoms. The number of alkyl halides is 3. The molecule has 0 spiro atoms. The summed E-state index contributed by atoms with van der Waals surface area (Å²) in [4.78, 5) is 28.2. The molecule has 2 aliphatic rings. The van der Waals surface area contributed by atoms with Crippen molar-refractivity contribution in [1.29, 1.82) is 0 Å². The number of urea groups is 1. The van der Waals surface area contributed by atoms with Gasteiger partial charge in [0.15, 0.2) is 0 Å². The number of nitrogens with one attached hydrogen (secondary N) is 1. The van der Waals surface area contributed by atoms with Crippen LogP contribution in [-0.4, -0.2) is 84.7 Å². The van der Waals surface area contributed by atoms with Crippen molar-refractivity contribution >= 4 is 11.9 Å². The molecule has 2 atom stereocenters. The van der Waals surface area contributed by atoms with E-state index in [0.29, 0.717) is 19.4 Å². The number of carbonyl (C=O) groups is 2. The molecule has 0 aromatic rings. The van der Waals surface area contributed by atoms with Crippen molar-refractivity contribution in [2.45, 2.75) is 38.0 Å². The van der Waals surface area contributed by atoms with Crippen LogP contribution in [0.3, 0.4) is 0 Å². The maximum Gasteiger partial charge on any atom is 0.401 e. The third kappa shape index (κ3) is 4.98. The Kier molecular flexibility index (Phi) is 5.38. The smallest absolute Gasteiger partial charge is 0.344 e. The summed E-state index contributed by atoms with van der Waals surface area (Å²) >= 11 is 0. The highest BCUT2D eigenvalue weighted by Crippen LogP contribution is 2.20. The topological polar surface area (TPSA) is 55.9 Å². The van der Waals surface area contributed by atoms with Crippen LogP contribution in [0.25, 0.3) is 0 Å². The lowest BCUT2D eigenvalue weighted by Gasteiger charge is -2.41. The maximum absolute atomic E-state index is 12.5. The van der Waals surface area contributed by atoms with E-state index in [4.69, 9.17) is 0 Å². The highest BCUT2D eigenvalue weighted by molar-refractivity contribution is 5.78. The molecule has 0 saturated carbocycles. The zero-order valence-electron chi connectivity index (χ0n) is 13.4. The van der Waals surface area contributed by atoms with Gasteiger partial charge in [0.25, 0.3) is 0 Å². The normalized spacial score (nSPS) is 27.3. The van der Waals surface area contributed by atoms with Crippen LogP contribution in [0, 0.1) is 0 Å². The number of likely N-dealkylation sites (N-methyl/N-ethyl adjacent to an activating group) is 1. The second-order valence-electron chi connectivity index (χ2n) is 6.34. The van der Waals surface area contributed by atoms with Crippen molar-refractivity contribution in [3.8, 4) is 0 Å². The first-order valence-electron chi connectivity index (χ1n) is 7.76. The Hall–Kier alpha value is -1.51. The number of piperidine rings is 1. The van der Waals surface area contributed by atoms with Crippen LogP contribution < -0.4 is 5.32 Å². The Bertz CT molecular complexity index is 458. The van der Waals surface area contributed by atoms with E-state index in [1.54, 1.807) is 23.8 Å². The first-order valence-corrected chi connectivity index (χ1v) is 7.76. The van der Waals surface area contributed by atoms with Crippen LogP contribution >= 0.6 is 0 Å². The number of nitrogens with zero attached hydrogens (tertiary/aromatic N) is 3. The van der Waals surface area contributed by atoms with E-state index in [2.05, 4.69) is 5.32 Å². The SMILES string of the molecule is CC1CN(C(=O)NC2CCC(=O)N(C)C2)CCN1CC(F)(F)F. The molecule has 0 aromatic heterocycles. The van der Waals surface area contributed by atoms with E-state index in [-0.39, 0.29) is 43.7 Å². The van der Waals surface area contributed by atoms with Crippen LogP contribution in [0.15, 0.2) is 0 Å². The van der Waals surface area contributed by atoms with Crippen molar-refractivity contribution in [1.82, 2.24) is 20.0 Å². The minimum absolute atomic E-state index is 0.0601. The van der Waals surface area contributed by atoms with Gasteiger partial charge in [-0.25, -0.2) is 4.79 Å². The van der Waals surface area contributed by atoms with Gasteiger partial charge in [-0.15, -0.1) is 0 Å². The number of hydrogen-bond donors (Lipinski definition) is 1. The van der Waals surface area contributed by atoms with Gasteiger partial charge in [-0.1, -0.05) is 0 Å². The van der Waals surface area contributed by atoms with E-state index >= 15 is 0 Å². The molecule has 0 aromatic carbocycles. The van der Waals surface area contributed by atoms with Gasteiger partial charge in [0.1, 0.15) is 0 Å². The first kappa shape index (κ1) is 17.8. The minimum Gasteiger partial charge on any atom is -0.344 e. The molecule has 2 unspecified atom stereocenters. The summed E-state index contributed by atoms with van der Waals surface area (Å²) in [7, 11) is 1.69. The van der Waals surface area contributed by atoms with E-state index in [0.717, 1.165) is 0 Å². The summed E-state index contributed by atoms with van der Waals surface area (Å²) in [5.74, 6) is 0.0601. The van der Waals surface area contributed by atoms with E-state index < -0.39 is 12.7 Å². The van der Waals surface area contributed by atoms with Gasteiger partial charge in [-0.3, -0.25) is 9.69 Å². The molecule has 0 radical (unpaired) electrons. The highest BCUT2D eigenvalue weighted by atomic mass is 19.4. The van der Waals surface area contributed by atoms with Crippen LogP contribution in [0.2, 0.25) is 0 Å². The molecule has 0 bridgehead atoms. The number of likely N-dealkylation sites (tertiary alicyclic amines) is 1. The van der Waals surface area contributed by atoms with Gasteiger partial charge < -0.3 is 15.1 Å². The fourth-order valence-electron chi connectivity index (χ4n) is 3.04. The molecule has 3 amide bonds. The molecular formula is C14H23F3N4O2. The Morgan fingerprint density at radius 2 is 2.00 bits per heavy atom. The molecule has 2 aliphatic heterocycles. The van der Waals surface area contributed by atoms with Gasteiger partial charge in [-0.2, -0.15) is 13.2 Å². The standard InChI is InChI=1S/C14H23F3N4O2/c1-10-7-20(5-6-21(10)9-14(15,16)17)13(23)18-11-3-4-12(22)19(2)8-11/h10-11H,3-9H2,1-2H3,(H,18,23). The van der Waals surface area contributed by atoms with Gasteiger partial charge in [0.05, 0.1) is 6.54 Å². The molecule has 2 saturated heterocycles. The number of halogens is 3. The van der Waals surface area contributed by atoms with Crippen molar-refractivity contribution in [2.24, 2.45) is 0 Å². The fraction of sp³-hybridized carbons (Fsp3) is 0.857. The summed E-state index contributed by atoms with van der Waals surface area (Å²) in [6.07, 6.45) is -3.23. The van der Waals surface area contributed by atoms with Crippen molar-refractivity contribution in [3.63, 3.8) is 0 Å². The highest BCUT2D eigenvalue weighted by Gasteiger charge is 2.36. The Morgan fingerprint density at radius 3 is 2.57 bits per heavy atom. The van der Waals surface area contributed by atoms with E-state index in [9.17, 15) is 22.8 Å². The second-order valence-corrected chi connectivity index (χ2v) is 6.34. The van der Waals surface area contributed by atoms with Crippen molar-refractivity contribution in [3.05, 3.63) is 0 Å². The van der Waals surface area contributed by atoms with Gasteiger partial charge in [0, 0.05) is 51.7 Å². The molecule has 2 rings (SSSR count). The lowest BCUT2D eigenvalue weighted by Crippen LogP contribution is -2.59. The van der Waals surface area contributed by atoms with Crippen molar-refractivity contribution < 1.29 is 22.8 Å². The fourth-order valence-corrected chi connectivity index (χ4v) is 3.04. The number of hydrogen-bond acceptors (Lipinski definition) is 3. The largest absolute Gasteiger partial charge is 0.401 e. The van der Waals surface area contributed by atoms with E-state index in [1.807, 2.05) is 0 Å². The summed E-state index contributed by atoms with van der Waals surface area (Å²) in [6, 6.07) is -0.711. The molecule has 23 heavy (non-hydrogen) atoms. The lowest BCUT2D eigenvalue weighted by atomic mass is 10.1. The Labute approximate surface area is 133 Å². The summed E-state index contributed by atoms with van der Waals surface area (Å²) in [5, 5.41) is 2.88. The summed E-state index contributed by atoms with van der Waals surface area (Å²) in [5.41, 5.74) is 0. The average molecular weight is 336 g/mol. The van der Waals surface area contributed by atoms with Crippen LogP contribution in [0.5, 0.6) is 0 Å². The molecule has 2 heterocycles. The summed E-state index contributed by atoms with van der Waals surface area (Å²) in [6.45, 7) is 1.96. The quantitative estimate of drug-likeness (QED) is 0.815. The molecule has 1 N–H and O–H groups in total. The number of piperazine rings is 1. The second kappa shape index (κ2) is 6.94. The molecule has 2 fully saturated rings. The summed E-state index contributed by atoms with van der Waals surface area (Å²) < 4.78 is 37.4. The monoisotopic (exact) mass is 336 g/mol. The minimum atomic E-state index is -4.22. The van der Waals surface area contributed by atoms with Crippen LogP contribution in [0.4, 0.5) is 18.0 Å².